The van der Waals surface area contributed by atoms with Crippen molar-refractivity contribution in [1.82, 2.24) is 35.5 Å². The number of carbonyl (C=O) groups is 2. The first-order valence-electron chi connectivity index (χ1n) is 17.9. The summed E-state index contributed by atoms with van der Waals surface area (Å²) in [5.41, 5.74) is 3.37. The topological polar surface area (TPSA) is 143 Å². The summed E-state index contributed by atoms with van der Waals surface area (Å²) in [4.78, 5) is 44.1. The zero-order chi connectivity index (χ0) is 38.5. The van der Waals surface area contributed by atoms with Crippen LogP contribution in [-0.2, 0) is 27.4 Å². The Morgan fingerprint density at radius 1 is 1.07 bits per heavy atom. The number of benzene rings is 2. The molecule has 12 nitrogen and oxygen atoms in total. The summed E-state index contributed by atoms with van der Waals surface area (Å²) in [5, 5.41) is 11.0. The number of hydrogen-bond donors (Lipinski definition) is 3. The van der Waals surface area contributed by atoms with Crippen molar-refractivity contribution in [3.05, 3.63) is 75.6 Å². The van der Waals surface area contributed by atoms with Crippen LogP contribution in [0.25, 0.3) is 32.6 Å². The molecule has 1 unspecified atom stereocenters. The Labute approximate surface area is 330 Å². The number of halogens is 4. The van der Waals surface area contributed by atoms with Crippen LogP contribution in [0, 0.1) is 5.92 Å². The number of fused-ring (bicyclic) bond motifs is 1. The molecule has 2 fully saturated rings. The van der Waals surface area contributed by atoms with Crippen LogP contribution >= 0.6 is 34.5 Å². The van der Waals surface area contributed by atoms with E-state index in [2.05, 4.69) is 35.8 Å². The number of amides is 1. The maximum atomic E-state index is 13.5. The molecule has 288 valence electrons. The molecular formula is C38H38Cl2F2N8O4S. The number of ether oxygens (including phenoxy) is 2. The van der Waals surface area contributed by atoms with Gasteiger partial charge in [-0.15, -0.1) is 11.3 Å². The molecule has 5 heterocycles. The second-order valence-electron chi connectivity index (χ2n) is 13.3. The number of likely N-dealkylation sites (tertiary alicyclic amines) is 1. The minimum Gasteiger partial charge on any atom is -0.466 e. The zero-order valence-corrected chi connectivity index (χ0v) is 32.1. The molecule has 17 heteroatoms. The standard InChI is InChI=1S/C38H38Cl2F2N8O4S/c1-2-53-32(52)15-21-12-14-50(19-21)20-31-49-35-29(55-31)11-13-44-36(35)47-26-8-4-6-24(34(26)40)23-5-3-7-25(33(23)39)27-18-45-28(37(48-27)54-38(41)42)17-43-16-22-9-10-30(51)46-22/h3-8,11,13,18,21-22,38,43H,2,9-10,12,14-17,19-20H2,1H3,(H,44,47)(H,46,51)/t21?,22-/m0/s1. The first kappa shape index (κ1) is 38.7. The normalized spacial score (nSPS) is 17.2. The van der Waals surface area contributed by atoms with Gasteiger partial charge in [-0.1, -0.05) is 53.5 Å². The van der Waals surface area contributed by atoms with Crippen LogP contribution in [-0.4, -0.2) is 75.6 Å². The van der Waals surface area contributed by atoms with Crippen molar-refractivity contribution in [2.75, 3.05) is 31.6 Å². The smallest absolute Gasteiger partial charge is 0.388 e. The van der Waals surface area contributed by atoms with Gasteiger partial charge in [-0.2, -0.15) is 8.78 Å². The van der Waals surface area contributed by atoms with E-state index in [9.17, 15) is 18.4 Å². The summed E-state index contributed by atoms with van der Waals surface area (Å²) in [6.45, 7) is 2.01. The number of anilines is 2. The molecule has 3 N–H and O–H groups in total. The van der Waals surface area contributed by atoms with Gasteiger partial charge in [0.05, 0.1) is 45.5 Å². The maximum Gasteiger partial charge on any atom is 0.388 e. The number of esters is 1. The average Bonchev–Trinajstić information content (AvgIpc) is 3.90. The van der Waals surface area contributed by atoms with E-state index >= 15 is 0 Å². The minimum absolute atomic E-state index is 0.0152. The van der Waals surface area contributed by atoms with Crippen molar-refractivity contribution < 1.29 is 27.8 Å². The lowest BCUT2D eigenvalue weighted by Gasteiger charge is -2.16. The van der Waals surface area contributed by atoms with Crippen LogP contribution in [0.2, 0.25) is 10.0 Å². The summed E-state index contributed by atoms with van der Waals surface area (Å²) >= 11 is 15.6. The van der Waals surface area contributed by atoms with Crippen molar-refractivity contribution in [2.24, 2.45) is 5.92 Å². The number of nitrogens with zero attached hydrogens (tertiary/aromatic N) is 5. The first-order valence-corrected chi connectivity index (χ1v) is 19.5. The maximum absolute atomic E-state index is 13.5. The predicted octanol–water partition coefficient (Wildman–Crippen LogP) is 7.61. The van der Waals surface area contributed by atoms with E-state index < -0.39 is 6.61 Å². The number of thiazole rings is 1. The van der Waals surface area contributed by atoms with Crippen molar-refractivity contribution >= 4 is 68.1 Å². The third-order valence-corrected chi connectivity index (χ3v) is 11.3. The second kappa shape index (κ2) is 17.5. The number of nitrogens with one attached hydrogen (secondary N) is 3. The van der Waals surface area contributed by atoms with Gasteiger partial charge >= 0.3 is 12.6 Å². The van der Waals surface area contributed by atoms with Crippen LogP contribution in [0.1, 0.15) is 43.3 Å². The molecule has 5 aromatic rings. The van der Waals surface area contributed by atoms with Crippen molar-refractivity contribution in [2.45, 2.75) is 58.3 Å². The van der Waals surface area contributed by atoms with Crippen molar-refractivity contribution in [1.29, 1.82) is 0 Å². The Bertz CT molecular complexity index is 2190. The van der Waals surface area contributed by atoms with E-state index in [0.717, 1.165) is 34.7 Å². The number of aromatic nitrogens is 4. The SMILES string of the molecule is CCOC(=O)CC1CCN(Cc2nc3c(Nc4cccc(-c5cccc(-c6cnc(CNC[C@@H]7CCC(=O)N7)c(OC(F)F)n6)c5Cl)c4Cl)nccc3s2)C1. The number of hydrogen-bond acceptors (Lipinski definition) is 12. The average molecular weight is 812 g/mol. The van der Waals surface area contributed by atoms with Gasteiger partial charge < -0.3 is 25.4 Å². The van der Waals surface area contributed by atoms with Crippen LogP contribution in [0.3, 0.4) is 0 Å². The van der Waals surface area contributed by atoms with Gasteiger partial charge in [-0.3, -0.25) is 19.5 Å². The van der Waals surface area contributed by atoms with Crippen LogP contribution in [0.15, 0.2) is 54.9 Å². The lowest BCUT2D eigenvalue weighted by Crippen LogP contribution is -2.35. The van der Waals surface area contributed by atoms with Crippen molar-refractivity contribution in [3.8, 4) is 28.3 Å². The zero-order valence-electron chi connectivity index (χ0n) is 29.8. The van der Waals surface area contributed by atoms with E-state index in [-0.39, 0.29) is 52.7 Å². The minimum atomic E-state index is -3.12. The quantitative estimate of drug-likeness (QED) is 0.0900. The lowest BCUT2D eigenvalue weighted by atomic mass is 10.0. The fraction of sp³-hybridized carbons (Fsp3) is 0.368. The number of rotatable bonds is 15. The highest BCUT2D eigenvalue weighted by atomic mass is 35.5. The summed E-state index contributed by atoms with van der Waals surface area (Å²) in [7, 11) is 0. The Hall–Kier alpha value is -4.54. The van der Waals surface area contributed by atoms with Gasteiger partial charge in [0.1, 0.15) is 16.2 Å². The van der Waals surface area contributed by atoms with Gasteiger partial charge in [-0.05, 0) is 44.4 Å². The molecule has 0 saturated carbocycles. The predicted molar refractivity (Wildman–Crippen MR) is 208 cm³/mol. The summed E-state index contributed by atoms with van der Waals surface area (Å²) in [6, 6.07) is 12.7. The Balaban J connectivity index is 1.08. The highest BCUT2D eigenvalue weighted by Gasteiger charge is 2.27. The largest absolute Gasteiger partial charge is 0.466 e. The molecule has 0 spiro atoms. The molecule has 0 bridgehead atoms. The monoisotopic (exact) mass is 810 g/mol. The molecule has 2 saturated heterocycles. The fourth-order valence-corrected chi connectivity index (χ4v) is 8.46. The van der Waals surface area contributed by atoms with Crippen LogP contribution < -0.4 is 20.7 Å². The number of pyridine rings is 1. The molecular weight excluding hydrogens is 773 g/mol. The van der Waals surface area contributed by atoms with Crippen LogP contribution in [0.5, 0.6) is 5.88 Å². The van der Waals surface area contributed by atoms with Gasteiger partial charge in [0.15, 0.2) is 5.82 Å². The molecule has 0 radical (unpaired) electrons. The molecule has 2 aliphatic heterocycles. The van der Waals surface area contributed by atoms with Gasteiger partial charge in [0.2, 0.25) is 11.8 Å². The van der Waals surface area contributed by atoms with Crippen molar-refractivity contribution in [3.63, 3.8) is 0 Å². The fourth-order valence-electron chi connectivity index (χ4n) is 6.85. The molecule has 0 aliphatic carbocycles. The van der Waals surface area contributed by atoms with Gasteiger partial charge in [0, 0.05) is 61.4 Å². The molecule has 2 aromatic carbocycles. The highest BCUT2D eigenvalue weighted by molar-refractivity contribution is 7.18. The van der Waals surface area contributed by atoms with E-state index in [1.165, 1.54) is 6.20 Å². The van der Waals surface area contributed by atoms with E-state index in [4.69, 9.17) is 37.7 Å². The van der Waals surface area contributed by atoms with E-state index in [0.29, 0.717) is 72.2 Å². The van der Waals surface area contributed by atoms with E-state index in [1.54, 1.807) is 29.7 Å². The molecule has 55 heavy (non-hydrogen) atoms. The molecule has 1 amide bonds. The van der Waals surface area contributed by atoms with Gasteiger partial charge in [0.25, 0.3) is 0 Å². The second-order valence-corrected chi connectivity index (χ2v) is 15.2. The molecule has 7 rings (SSSR count). The molecule has 3 aromatic heterocycles. The Kier molecular flexibility index (Phi) is 12.3. The highest BCUT2D eigenvalue weighted by Crippen LogP contribution is 2.42. The van der Waals surface area contributed by atoms with Gasteiger partial charge in [-0.25, -0.2) is 15.0 Å². The third kappa shape index (κ3) is 9.30. The lowest BCUT2D eigenvalue weighted by molar-refractivity contribution is -0.144. The molecule has 2 aliphatic rings. The Morgan fingerprint density at radius 2 is 1.87 bits per heavy atom. The number of alkyl halides is 2. The Morgan fingerprint density at radius 3 is 2.65 bits per heavy atom. The summed E-state index contributed by atoms with van der Waals surface area (Å²) in [5.74, 6) is 0.325. The number of carbonyl (C=O) groups excluding carboxylic acids is 2. The third-order valence-electron chi connectivity index (χ3n) is 9.44. The first-order chi connectivity index (χ1) is 26.6. The van der Waals surface area contributed by atoms with Crippen LogP contribution in [0.4, 0.5) is 20.3 Å². The molecule has 2 atom stereocenters. The van der Waals surface area contributed by atoms with E-state index in [1.807, 2.05) is 37.3 Å². The summed E-state index contributed by atoms with van der Waals surface area (Å²) in [6.07, 6.45) is 5.69. The summed E-state index contributed by atoms with van der Waals surface area (Å²) < 4.78 is 37.8.